The van der Waals surface area contributed by atoms with Gasteiger partial charge < -0.3 is 5.11 Å². The Morgan fingerprint density at radius 2 is 2.00 bits per heavy atom. The molecule has 0 bridgehead atoms. The van der Waals surface area contributed by atoms with E-state index in [4.69, 9.17) is 4.18 Å². The zero-order chi connectivity index (χ0) is 17.5. The van der Waals surface area contributed by atoms with Crippen LogP contribution in [0.4, 0.5) is 0 Å². The third-order valence-electron chi connectivity index (χ3n) is 3.04. The molecular formula is C15H19NO6S. The van der Waals surface area contributed by atoms with E-state index < -0.39 is 27.2 Å². The Kier molecular flexibility index (Phi) is 7.08. The molecule has 1 rings (SSSR count). The summed E-state index contributed by atoms with van der Waals surface area (Å²) in [5.74, 6) is 0. The molecule has 2 atom stereocenters. The molecule has 0 amide bonds. The summed E-state index contributed by atoms with van der Waals surface area (Å²) >= 11 is 0. The lowest BCUT2D eigenvalue weighted by Crippen LogP contribution is -2.31. The van der Waals surface area contributed by atoms with E-state index in [9.17, 15) is 23.6 Å². The molecule has 2 unspecified atom stereocenters. The van der Waals surface area contributed by atoms with E-state index in [1.807, 2.05) is 6.92 Å². The van der Waals surface area contributed by atoms with Crippen LogP contribution in [0.5, 0.6) is 0 Å². The third-order valence-corrected chi connectivity index (χ3v) is 4.33. The first-order valence-corrected chi connectivity index (χ1v) is 8.24. The molecule has 7 nitrogen and oxygen atoms in total. The SMILES string of the molecule is C=CCC(C(O)C=CCOS(=O)(=O)c1ccc(C)cc1)[N+](=O)[O-]. The number of nitrogens with zero attached hydrogens (tertiary/aromatic N) is 1. The molecule has 1 aromatic rings. The minimum atomic E-state index is -3.90. The Morgan fingerprint density at radius 3 is 2.52 bits per heavy atom. The van der Waals surface area contributed by atoms with E-state index in [-0.39, 0.29) is 17.9 Å². The number of rotatable bonds is 9. The third kappa shape index (κ3) is 5.93. The summed E-state index contributed by atoms with van der Waals surface area (Å²) in [7, 11) is -3.90. The fourth-order valence-corrected chi connectivity index (χ4v) is 2.61. The predicted molar refractivity (Wildman–Crippen MR) is 85.1 cm³/mol. The molecule has 0 heterocycles. The zero-order valence-electron chi connectivity index (χ0n) is 12.7. The number of aryl methyl sites for hydroxylation is 1. The fraction of sp³-hybridized carbons (Fsp3) is 0.333. The Balaban J connectivity index is 2.62. The van der Waals surface area contributed by atoms with Crippen molar-refractivity contribution in [3.8, 4) is 0 Å². The first kappa shape index (κ1) is 19.0. The van der Waals surface area contributed by atoms with Gasteiger partial charge in [0.1, 0.15) is 6.10 Å². The van der Waals surface area contributed by atoms with Gasteiger partial charge in [0.15, 0.2) is 0 Å². The molecule has 0 saturated carbocycles. The number of hydrogen-bond donors (Lipinski definition) is 1. The van der Waals surface area contributed by atoms with Gasteiger partial charge in [0.05, 0.1) is 11.5 Å². The topological polar surface area (TPSA) is 107 Å². The van der Waals surface area contributed by atoms with Gasteiger partial charge in [-0.3, -0.25) is 14.3 Å². The van der Waals surface area contributed by atoms with Crippen LogP contribution in [0.2, 0.25) is 0 Å². The van der Waals surface area contributed by atoms with Gasteiger partial charge in [0, 0.05) is 11.3 Å². The van der Waals surface area contributed by atoms with Gasteiger partial charge in [-0.1, -0.05) is 35.9 Å². The summed E-state index contributed by atoms with van der Waals surface area (Å²) in [5, 5.41) is 20.5. The zero-order valence-corrected chi connectivity index (χ0v) is 13.5. The van der Waals surface area contributed by atoms with Crippen LogP contribution in [-0.2, 0) is 14.3 Å². The smallest absolute Gasteiger partial charge is 0.297 e. The fourth-order valence-electron chi connectivity index (χ4n) is 1.75. The number of nitro groups is 1. The number of aliphatic hydroxyl groups is 1. The molecule has 0 saturated heterocycles. The van der Waals surface area contributed by atoms with E-state index in [1.54, 1.807) is 12.1 Å². The number of benzene rings is 1. The molecule has 0 aromatic heterocycles. The highest BCUT2D eigenvalue weighted by Gasteiger charge is 2.26. The van der Waals surface area contributed by atoms with Crippen LogP contribution in [0.25, 0.3) is 0 Å². The second kappa shape index (κ2) is 8.56. The molecule has 1 aromatic carbocycles. The van der Waals surface area contributed by atoms with Gasteiger partial charge in [-0.15, -0.1) is 6.58 Å². The number of hydrogen-bond acceptors (Lipinski definition) is 6. The monoisotopic (exact) mass is 341 g/mol. The molecule has 8 heteroatoms. The molecule has 0 spiro atoms. The maximum Gasteiger partial charge on any atom is 0.297 e. The molecule has 1 N–H and O–H groups in total. The summed E-state index contributed by atoms with van der Waals surface area (Å²) in [6.45, 7) is 4.89. The van der Waals surface area contributed by atoms with Crippen molar-refractivity contribution in [2.24, 2.45) is 0 Å². The quantitative estimate of drug-likeness (QED) is 0.318. The summed E-state index contributed by atoms with van der Waals surface area (Å²) in [6, 6.07) is 4.92. The highest BCUT2D eigenvalue weighted by Crippen LogP contribution is 2.13. The van der Waals surface area contributed by atoms with Crippen molar-refractivity contribution in [3.63, 3.8) is 0 Å². The van der Waals surface area contributed by atoms with Crippen molar-refractivity contribution in [1.29, 1.82) is 0 Å². The van der Waals surface area contributed by atoms with Crippen molar-refractivity contribution in [1.82, 2.24) is 0 Å². The summed E-state index contributed by atoms with van der Waals surface area (Å²) in [5.41, 5.74) is 0.917. The highest BCUT2D eigenvalue weighted by molar-refractivity contribution is 7.86. The minimum Gasteiger partial charge on any atom is -0.382 e. The first-order valence-electron chi connectivity index (χ1n) is 6.83. The lowest BCUT2D eigenvalue weighted by molar-refractivity contribution is -0.530. The molecule has 0 aliphatic heterocycles. The Hall–Kier alpha value is -2.03. The first-order chi connectivity index (χ1) is 10.8. The molecular weight excluding hydrogens is 322 g/mol. The minimum absolute atomic E-state index is 0.00102. The van der Waals surface area contributed by atoms with E-state index in [1.165, 1.54) is 24.3 Å². The second-order valence-corrected chi connectivity index (χ2v) is 6.46. The van der Waals surface area contributed by atoms with Crippen LogP contribution < -0.4 is 0 Å². The van der Waals surface area contributed by atoms with E-state index >= 15 is 0 Å². The largest absolute Gasteiger partial charge is 0.382 e. The maximum absolute atomic E-state index is 11.9. The van der Waals surface area contributed by atoms with Gasteiger partial charge in [0.2, 0.25) is 6.04 Å². The predicted octanol–water partition coefficient (Wildman–Crippen LogP) is 1.84. The lowest BCUT2D eigenvalue weighted by atomic mass is 10.1. The Bertz CT molecular complexity index is 666. The Labute approximate surface area is 135 Å². The van der Waals surface area contributed by atoms with Crippen molar-refractivity contribution < 1.29 is 22.6 Å². The van der Waals surface area contributed by atoms with E-state index in [0.717, 1.165) is 11.6 Å². The lowest BCUT2D eigenvalue weighted by Gasteiger charge is -2.10. The molecule has 0 aliphatic rings. The normalized spacial score (nSPS) is 14.5. The van der Waals surface area contributed by atoms with Crippen molar-refractivity contribution in [2.45, 2.75) is 30.4 Å². The molecule has 0 radical (unpaired) electrons. The van der Waals surface area contributed by atoms with Gasteiger partial charge in [-0.2, -0.15) is 8.42 Å². The van der Waals surface area contributed by atoms with Crippen LogP contribution in [0.3, 0.4) is 0 Å². The maximum atomic E-state index is 11.9. The molecule has 23 heavy (non-hydrogen) atoms. The van der Waals surface area contributed by atoms with Gasteiger partial charge >= 0.3 is 0 Å². The van der Waals surface area contributed by atoms with Gasteiger partial charge in [-0.25, -0.2) is 0 Å². The average molecular weight is 341 g/mol. The van der Waals surface area contributed by atoms with E-state index in [0.29, 0.717) is 0 Å². The summed E-state index contributed by atoms with van der Waals surface area (Å²) in [6.07, 6.45) is 2.36. The van der Waals surface area contributed by atoms with E-state index in [2.05, 4.69) is 6.58 Å². The standard InChI is InChI=1S/C15H19NO6S/c1-3-5-14(16(18)19)15(17)6-4-11-22-23(20,21)13-9-7-12(2)8-10-13/h3-4,6-10,14-15,17H,1,5,11H2,2H3. The van der Waals surface area contributed by atoms with Crippen molar-refractivity contribution in [3.05, 3.63) is 64.8 Å². The molecule has 0 aliphatic carbocycles. The second-order valence-electron chi connectivity index (χ2n) is 4.85. The highest BCUT2D eigenvalue weighted by atomic mass is 32.2. The van der Waals surface area contributed by atoms with Crippen LogP contribution in [0, 0.1) is 17.0 Å². The van der Waals surface area contributed by atoms with Crippen LogP contribution in [-0.4, -0.2) is 37.2 Å². The van der Waals surface area contributed by atoms with Crippen LogP contribution >= 0.6 is 0 Å². The van der Waals surface area contributed by atoms with Crippen molar-refractivity contribution >= 4 is 10.1 Å². The van der Waals surface area contributed by atoms with Crippen LogP contribution in [0.15, 0.2) is 54.0 Å². The van der Waals surface area contributed by atoms with Crippen LogP contribution in [0.1, 0.15) is 12.0 Å². The molecule has 126 valence electrons. The Morgan fingerprint density at radius 1 is 1.39 bits per heavy atom. The average Bonchev–Trinajstić information content (AvgIpc) is 2.49. The van der Waals surface area contributed by atoms with Gasteiger partial charge in [-0.05, 0) is 19.1 Å². The molecule has 0 fully saturated rings. The number of aliphatic hydroxyl groups excluding tert-OH is 1. The summed E-state index contributed by atoms with van der Waals surface area (Å²) < 4.78 is 28.6. The van der Waals surface area contributed by atoms with Gasteiger partial charge in [0.25, 0.3) is 10.1 Å². The summed E-state index contributed by atoms with van der Waals surface area (Å²) in [4.78, 5) is 10.2. The van der Waals surface area contributed by atoms with Crippen molar-refractivity contribution in [2.75, 3.05) is 6.61 Å².